The van der Waals surface area contributed by atoms with Gasteiger partial charge in [-0.25, -0.2) is 4.39 Å². The Bertz CT molecular complexity index is 716. The molecule has 4 nitrogen and oxygen atoms in total. The van der Waals surface area contributed by atoms with Crippen LogP contribution in [0.2, 0.25) is 0 Å². The van der Waals surface area contributed by atoms with Crippen LogP contribution in [0.15, 0.2) is 0 Å². The Morgan fingerprint density at radius 3 is 2.12 bits per heavy atom. The maximum Gasteiger partial charge on any atom is 0.104 e. The van der Waals surface area contributed by atoms with Gasteiger partial charge < -0.3 is 20.4 Å². The minimum atomic E-state index is -0.920. The molecule has 0 spiro atoms. The third-order valence-corrected chi connectivity index (χ3v) is 12.0. The second kappa shape index (κ2) is 9.58. The van der Waals surface area contributed by atoms with Crippen LogP contribution in [-0.2, 0) is 0 Å². The number of fused-ring (bicyclic) bond motifs is 5. The molecule has 0 aromatic rings. The number of hydrogen-bond acceptors (Lipinski definition) is 4. The molecule has 0 bridgehead atoms. The van der Waals surface area contributed by atoms with E-state index < -0.39 is 30.6 Å². The van der Waals surface area contributed by atoms with Crippen molar-refractivity contribution in [2.45, 2.75) is 123 Å². The third-order valence-electron chi connectivity index (χ3n) is 12.0. The summed E-state index contributed by atoms with van der Waals surface area (Å²) in [6.45, 7) is 13.0. The Hall–Kier alpha value is -0.230. The molecule has 0 aromatic heterocycles. The van der Waals surface area contributed by atoms with Crippen LogP contribution >= 0.6 is 0 Å². The molecule has 0 aromatic carbocycles. The summed E-state index contributed by atoms with van der Waals surface area (Å²) in [4.78, 5) is 0. The Labute approximate surface area is 206 Å². The van der Waals surface area contributed by atoms with E-state index in [1.165, 1.54) is 0 Å². The standard InChI is InChI=1S/C29H51FO4/c1-7-17(15(2)3)27(34)26(33)16(4)19-8-9-20-18-12-23(30)22-13-24(31)25(32)14-29(22,6)21(18)10-11-28(19,20)5/h15-27,31-34H,7-14H2,1-6H3/t16-,17-,18-,19+,20-,21-,22?,23-,24-,25+,26+,27+,28+,29+/m0/s1. The minimum absolute atomic E-state index is 0.00843. The number of alkyl halides is 1. The highest BCUT2D eigenvalue weighted by Gasteiger charge is 2.64. The van der Waals surface area contributed by atoms with E-state index in [1.54, 1.807) is 0 Å². The molecule has 0 aliphatic heterocycles. The summed E-state index contributed by atoms with van der Waals surface area (Å²) in [6, 6.07) is 0. The van der Waals surface area contributed by atoms with E-state index in [2.05, 4.69) is 41.5 Å². The van der Waals surface area contributed by atoms with E-state index in [-0.39, 0.29) is 28.6 Å². The molecule has 4 N–H and O–H groups in total. The quantitative estimate of drug-likeness (QED) is 0.431. The molecule has 34 heavy (non-hydrogen) atoms. The van der Waals surface area contributed by atoms with Gasteiger partial charge in [0.15, 0.2) is 0 Å². The van der Waals surface area contributed by atoms with Gasteiger partial charge in [-0.3, -0.25) is 0 Å². The summed E-state index contributed by atoms with van der Waals surface area (Å²) in [6.07, 6.45) is 2.59. The van der Waals surface area contributed by atoms with Gasteiger partial charge in [-0.05, 0) is 103 Å². The zero-order chi connectivity index (χ0) is 25.2. The van der Waals surface area contributed by atoms with Gasteiger partial charge in [0.25, 0.3) is 0 Å². The summed E-state index contributed by atoms with van der Waals surface area (Å²) in [5.74, 6) is 1.71. The van der Waals surface area contributed by atoms with Gasteiger partial charge in [-0.15, -0.1) is 0 Å². The normalized spacial score (nSPS) is 50.1. The molecule has 0 radical (unpaired) electrons. The van der Waals surface area contributed by atoms with Crippen LogP contribution in [0.1, 0.15) is 92.9 Å². The monoisotopic (exact) mass is 482 g/mol. The molecule has 198 valence electrons. The Balaban J connectivity index is 1.54. The number of aliphatic hydroxyl groups is 4. The molecule has 14 atom stereocenters. The number of halogens is 1. The van der Waals surface area contributed by atoms with Crippen LogP contribution in [0, 0.1) is 58.2 Å². The number of aliphatic hydroxyl groups excluding tert-OH is 4. The van der Waals surface area contributed by atoms with Crippen molar-refractivity contribution in [2.75, 3.05) is 0 Å². The predicted octanol–water partition coefficient (Wildman–Crippen LogP) is 4.97. The van der Waals surface area contributed by atoms with E-state index in [9.17, 15) is 20.4 Å². The highest BCUT2D eigenvalue weighted by molar-refractivity contribution is 5.12. The van der Waals surface area contributed by atoms with Gasteiger partial charge in [0, 0.05) is 0 Å². The SMILES string of the molecule is CC[C@@H](C(C)C)[C@@H](O)[C@H](O)[C@@H](C)[C@H]1CC[C@H]2[C@@H]3C[C@H](F)C4C[C@H](O)[C@H](O)C[C@]4(C)[C@H]3CC[C@]12C. The number of hydrogen-bond donors (Lipinski definition) is 4. The van der Waals surface area contributed by atoms with Crippen molar-refractivity contribution in [1.82, 2.24) is 0 Å². The smallest absolute Gasteiger partial charge is 0.104 e. The molecule has 0 saturated heterocycles. The fourth-order valence-electron chi connectivity index (χ4n) is 10.1. The van der Waals surface area contributed by atoms with Gasteiger partial charge in [-0.2, -0.15) is 0 Å². The van der Waals surface area contributed by atoms with E-state index in [0.717, 1.165) is 32.1 Å². The highest BCUT2D eigenvalue weighted by atomic mass is 19.1. The predicted molar refractivity (Wildman–Crippen MR) is 133 cm³/mol. The molecule has 4 rings (SSSR count). The molecule has 4 aliphatic rings. The van der Waals surface area contributed by atoms with Crippen LogP contribution in [0.4, 0.5) is 4.39 Å². The topological polar surface area (TPSA) is 80.9 Å². The average molecular weight is 483 g/mol. The van der Waals surface area contributed by atoms with Crippen molar-refractivity contribution in [3.8, 4) is 0 Å². The maximum atomic E-state index is 15.6. The zero-order valence-electron chi connectivity index (χ0n) is 22.3. The summed E-state index contributed by atoms with van der Waals surface area (Å²) < 4.78 is 15.6. The summed E-state index contributed by atoms with van der Waals surface area (Å²) in [5, 5.41) is 43.1. The van der Waals surface area contributed by atoms with E-state index in [0.29, 0.717) is 48.9 Å². The molecule has 4 aliphatic carbocycles. The third kappa shape index (κ3) is 4.09. The molecule has 4 fully saturated rings. The van der Waals surface area contributed by atoms with Gasteiger partial charge >= 0.3 is 0 Å². The average Bonchev–Trinajstić information content (AvgIpc) is 3.12. The van der Waals surface area contributed by atoms with Crippen molar-refractivity contribution < 1.29 is 24.8 Å². The fourth-order valence-corrected chi connectivity index (χ4v) is 10.1. The molecule has 0 heterocycles. The van der Waals surface area contributed by atoms with Gasteiger partial charge in [0.1, 0.15) is 6.17 Å². The van der Waals surface area contributed by atoms with Crippen LogP contribution in [0.3, 0.4) is 0 Å². The molecular formula is C29H51FO4. The molecule has 1 unspecified atom stereocenters. The first-order valence-corrected chi connectivity index (χ1v) is 14.2. The van der Waals surface area contributed by atoms with E-state index in [4.69, 9.17) is 0 Å². The minimum Gasteiger partial charge on any atom is -0.390 e. The van der Waals surface area contributed by atoms with Crippen LogP contribution in [0.25, 0.3) is 0 Å². The van der Waals surface area contributed by atoms with Gasteiger partial charge in [0.05, 0.1) is 24.4 Å². The van der Waals surface area contributed by atoms with Crippen molar-refractivity contribution in [3.63, 3.8) is 0 Å². The largest absolute Gasteiger partial charge is 0.390 e. The van der Waals surface area contributed by atoms with Crippen LogP contribution in [-0.4, -0.2) is 51.0 Å². The lowest BCUT2D eigenvalue weighted by molar-refractivity contribution is -0.184. The van der Waals surface area contributed by atoms with Crippen molar-refractivity contribution in [2.24, 2.45) is 58.2 Å². The summed E-state index contributed by atoms with van der Waals surface area (Å²) >= 11 is 0. The van der Waals surface area contributed by atoms with E-state index >= 15 is 4.39 Å². The van der Waals surface area contributed by atoms with Gasteiger partial charge in [0.2, 0.25) is 0 Å². The lowest BCUT2D eigenvalue weighted by Gasteiger charge is -2.62. The second-order valence-corrected chi connectivity index (χ2v) is 13.7. The lowest BCUT2D eigenvalue weighted by Crippen LogP contribution is -2.60. The zero-order valence-corrected chi connectivity index (χ0v) is 22.3. The second-order valence-electron chi connectivity index (χ2n) is 13.7. The fraction of sp³-hybridized carbons (Fsp3) is 1.00. The molecule has 0 amide bonds. The molecular weight excluding hydrogens is 431 g/mol. The Morgan fingerprint density at radius 2 is 1.50 bits per heavy atom. The van der Waals surface area contributed by atoms with Crippen LogP contribution < -0.4 is 0 Å². The molecule has 4 saturated carbocycles. The van der Waals surface area contributed by atoms with Crippen molar-refractivity contribution in [1.29, 1.82) is 0 Å². The van der Waals surface area contributed by atoms with E-state index in [1.807, 2.05) is 0 Å². The first kappa shape index (κ1) is 26.8. The van der Waals surface area contributed by atoms with Crippen molar-refractivity contribution >= 4 is 0 Å². The Kier molecular flexibility index (Phi) is 7.55. The first-order valence-electron chi connectivity index (χ1n) is 14.2. The van der Waals surface area contributed by atoms with Crippen LogP contribution in [0.5, 0.6) is 0 Å². The summed E-state index contributed by atoms with van der Waals surface area (Å²) in [5.41, 5.74) is -0.204. The number of rotatable bonds is 6. The van der Waals surface area contributed by atoms with Crippen molar-refractivity contribution in [3.05, 3.63) is 0 Å². The molecule has 5 heteroatoms. The van der Waals surface area contributed by atoms with Gasteiger partial charge in [-0.1, -0.05) is 48.0 Å². The Morgan fingerprint density at radius 1 is 0.853 bits per heavy atom. The first-order chi connectivity index (χ1) is 15.9. The lowest BCUT2D eigenvalue weighted by atomic mass is 9.43. The highest BCUT2D eigenvalue weighted by Crippen LogP contribution is 2.68. The maximum absolute atomic E-state index is 15.6. The summed E-state index contributed by atoms with van der Waals surface area (Å²) in [7, 11) is 0.